The number of carbonyl (C=O) groups is 2. The minimum absolute atomic E-state index is 0.113. The van der Waals surface area contributed by atoms with Crippen LogP contribution in [0.4, 0.5) is 4.79 Å². The fourth-order valence-electron chi connectivity index (χ4n) is 1.91. The summed E-state index contributed by atoms with van der Waals surface area (Å²) in [5, 5.41) is 2.73. The van der Waals surface area contributed by atoms with E-state index in [-0.39, 0.29) is 17.9 Å². The molecule has 0 bridgehead atoms. The van der Waals surface area contributed by atoms with Gasteiger partial charge < -0.3 is 5.32 Å². The highest BCUT2D eigenvalue weighted by Crippen LogP contribution is 2.20. The highest BCUT2D eigenvalue weighted by Gasteiger charge is 2.33. The summed E-state index contributed by atoms with van der Waals surface area (Å²) in [4.78, 5) is 24.7. The van der Waals surface area contributed by atoms with Gasteiger partial charge in [-0.1, -0.05) is 30.3 Å². The second-order valence-electron chi connectivity index (χ2n) is 3.73. The molecule has 1 unspecified atom stereocenters. The average molecular weight is 218 g/mol. The maximum Gasteiger partial charge on any atom is 0.324 e. The lowest BCUT2D eigenvalue weighted by Crippen LogP contribution is -2.53. The van der Waals surface area contributed by atoms with Crippen LogP contribution in [0.3, 0.4) is 0 Å². The molecule has 1 fully saturated rings. The minimum atomic E-state index is -0.292. The molecule has 1 aliphatic heterocycles. The number of hydrogen-bond donors (Lipinski definition) is 1. The molecule has 16 heavy (non-hydrogen) atoms. The van der Waals surface area contributed by atoms with Gasteiger partial charge in [0.15, 0.2) is 0 Å². The molecule has 3 amide bonds. The third kappa shape index (κ3) is 1.78. The van der Waals surface area contributed by atoms with Crippen LogP contribution in [0.2, 0.25) is 0 Å². The van der Waals surface area contributed by atoms with Crippen LogP contribution in [0.1, 0.15) is 18.4 Å². The fourth-order valence-corrected chi connectivity index (χ4v) is 1.91. The number of rotatable bonds is 2. The highest BCUT2D eigenvalue weighted by atomic mass is 16.2. The Kier molecular flexibility index (Phi) is 2.90. The van der Waals surface area contributed by atoms with Crippen LogP contribution in [-0.4, -0.2) is 29.9 Å². The molecule has 1 heterocycles. The molecule has 0 saturated carbocycles. The first-order valence-corrected chi connectivity index (χ1v) is 5.38. The van der Waals surface area contributed by atoms with Gasteiger partial charge in [-0.3, -0.25) is 9.69 Å². The Bertz CT molecular complexity index is 403. The van der Waals surface area contributed by atoms with Crippen molar-refractivity contribution in [2.45, 2.75) is 12.8 Å². The number of urea groups is 1. The summed E-state index contributed by atoms with van der Waals surface area (Å²) < 4.78 is 0. The predicted molar refractivity (Wildman–Crippen MR) is 60.0 cm³/mol. The molecule has 1 aliphatic rings. The Balaban J connectivity index is 2.24. The van der Waals surface area contributed by atoms with E-state index in [2.05, 4.69) is 5.32 Å². The molecule has 1 saturated heterocycles. The fraction of sp³-hybridized carbons (Fsp3) is 0.333. The first kappa shape index (κ1) is 10.7. The largest absolute Gasteiger partial charge is 0.336 e. The van der Waals surface area contributed by atoms with Gasteiger partial charge in [-0.2, -0.15) is 0 Å². The van der Waals surface area contributed by atoms with Crippen molar-refractivity contribution in [2.75, 3.05) is 13.1 Å². The minimum Gasteiger partial charge on any atom is -0.336 e. The maximum atomic E-state index is 12.0. The van der Waals surface area contributed by atoms with Crippen molar-refractivity contribution in [2.24, 2.45) is 0 Å². The zero-order valence-electron chi connectivity index (χ0n) is 9.14. The van der Waals surface area contributed by atoms with E-state index in [4.69, 9.17) is 0 Å². The molecule has 0 spiro atoms. The topological polar surface area (TPSA) is 49.4 Å². The zero-order chi connectivity index (χ0) is 11.5. The molecule has 0 aliphatic carbocycles. The number of nitrogens with one attached hydrogen (secondary N) is 1. The number of carbonyl (C=O) groups excluding carboxylic acids is 2. The third-order valence-electron chi connectivity index (χ3n) is 2.78. The summed E-state index contributed by atoms with van der Waals surface area (Å²) in [5.74, 6) is -0.365. The molecule has 4 heteroatoms. The summed E-state index contributed by atoms with van der Waals surface area (Å²) in [6, 6.07) is 9.24. The summed E-state index contributed by atoms with van der Waals surface area (Å²) in [6.07, 6.45) is 0. The van der Waals surface area contributed by atoms with E-state index in [1.54, 1.807) is 6.92 Å². The van der Waals surface area contributed by atoms with Gasteiger partial charge in [0.1, 0.15) is 0 Å². The monoisotopic (exact) mass is 218 g/mol. The highest BCUT2D eigenvalue weighted by molar-refractivity contribution is 6.00. The lowest BCUT2D eigenvalue weighted by atomic mass is 9.96. The molecule has 84 valence electrons. The van der Waals surface area contributed by atoms with Crippen LogP contribution in [0, 0.1) is 0 Å². The first-order valence-electron chi connectivity index (χ1n) is 5.38. The van der Waals surface area contributed by atoms with Crippen LogP contribution >= 0.6 is 0 Å². The predicted octanol–water partition coefficient (Wildman–Crippen LogP) is 1.34. The van der Waals surface area contributed by atoms with Gasteiger partial charge in [-0.15, -0.1) is 0 Å². The molecular weight excluding hydrogens is 204 g/mol. The summed E-state index contributed by atoms with van der Waals surface area (Å²) in [7, 11) is 0. The number of likely N-dealkylation sites (N-methyl/N-ethyl adjacent to an activating group) is 1. The summed E-state index contributed by atoms with van der Waals surface area (Å²) >= 11 is 0. The summed E-state index contributed by atoms with van der Waals surface area (Å²) in [5.41, 5.74) is 0.950. The van der Waals surface area contributed by atoms with E-state index in [0.29, 0.717) is 13.1 Å². The van der Waals surface area contributed by atoms with Crippen LogP contribution in [-0.2, 0) is 4.79 Å². The third-order valence-corrected chi connectivity index (χ3v) is 2.78. The molecule has 0 aromatic heterocycles. The molecule has 2 rings (SSSR count). The Morgan fingerprint density at radius 3 is 2.62 bits per heavy atom. The Hall–Kier alpha value is -1.84. The SMILES string of the molecule is CCN1C(=O)NCC(c2ccccc2)C1=O. The van der Waals surface area contributed by atoms with E-state index in [1.165, 1.54) is 4.90 Å². The lowest BCUT2D eigenvalue weighted by Gasteiger charge is -2.30. The molecular formula is C12H14N2O2. The van der Waals surface area contributed by atoms with Crippen LogP contribution in [0.15, 0.2) is 30.3 Å². The summed E-state index contributed by atoms with van der Waals surface area (Å²) in [6.45, 7) is 2.59. The smallest absolute Gasteiger partial charge is 0.324 e. The molecule has 1 aromatic carbocycles. The molecule has 4 nitrogen and oxygen atoms in total. The van der Waals surface area contributed by atoms with Gasteiger partial charge in [-0.05, 0) is 12.5 Å². The van der Waals surface area contributed by atoms with Crippen molar-refractivity contribution in [3.05, 3.63) is 35.9 Å². The normalized spacial score (nSPS) is 20.8. The Morgan fingerprint density at radius 1 is 1.31 bits per heavy atom. The molecule has 1 N–H and O–H groups in total. The van der Waals surface area contributed by atoms with Gasteiger partial charge in [0.2, 0.25) is 5.91 Å². The Labute approximate surface area is 94.2 Å². The van der Waals surface area contributed by atoms with Crippen molar-refractivity contribution in [3.8, 4) is 0 Å². The number of benzene rings is 1. The first-order chi connectivity index (χ1) is 7.74. The lowest BCUT2D eigenvalue weighted by molar-refractivity contribution is -0.130. The number of imide groups is 1. The molecule has 1 atom stereocenters. The maximum absolute atomic E-state index is 12.0. The van der Waals surface area contributed by atoms with Crippen LogP contribution in [0.25, 0.3) is 0 Å². The van der Waals surface area contributed by atoms with E-state index < -0.39 is 0 Å². The average Bonchev–Trinajstić information content (AvgIpc) is 2.31. The molecule has 1 aromatic rings. The number of nitrogens with zero attached hydrogens (tertiary/aromatic N) is 1. The van der Waals surface area contributed by atoms with Crippen LogP contribution < -0.4 is 5.32 Å². The van der Waals surface area contributed by atoms with Crippen LogP contribution in [0.5, 0.6) is 0 Å². The molecule has 0 radical (unpaired) electrons. The van der Waals surface area contributed by atoms with Crippen molar-refractivity contribution < 1.29 is 9.59 Å². The number of hydrogen-bond acceptors (Lipinski definition) is 2. The van der Waals surface area contributed by atoms with Gasteiger partial charge in [-0.25, -0.2) is 4.79 Å². The van der Waals surface area contributed by atoms with E-state index in [1.807, 2.05) is 30.3 Å². The second-order valence-corrected chi connectivity index (χ2v) is 3.73. The quantitative estimate of drug-likeness (QED) is 0.814. The van der Waals surface area contributed by atoms with Gasteiger partial charge in [0.25, 0.3) is 0 Å². The Morgan fingerprint density at radius 2 is 2.00 bits per heavy atom. The van der Waals surface area contributed by atoms with E-state index in [9.17, 15) is 9.59 Å². The van der Waals surface area contributed by atoms with Crippen molar-refractivity contribution >= 4 is 11.9 Å². The zero-order valence-corrected chi connectivity index (χ0v) is 9.14. The van der Waals surface area contributed by atoms with Crippen molar-refractivity contribution in [1.29, 1.82) is 0 Å². The van der Waals surface area contributed by atoms with Crippen molar-refractivity contribution in [3.63, 3.8) is 0 Å². The van der Waals surface area contributed by atoms with E-state index in [0.717, 1.165) is 5.56 Å². The standard InChI is InChI=1S/C12H14N2O2/c1-2-14-11(15)10(8-13-12(14)16)9-6-4-3-5-7-9/h3-7,10H,2,8H2,1H3,(H,13,16). The van der Waals surface area contributed by atoms with Gasteiger partial charge in [0.05, 0.1) is 5.92 Å². The second kappa shape index (κ2) is 4.35. The van der Waals surface area contributed by atoms with Crippen molar-refractivity contribution in [1.82, 2.24) is 10.2 Å². The number of amides is 3. The van der Waals surface area contributed by atoms with E-state index >= 15 is 0 Å². The van der Waals surface area contributed by atoms with Gasteiger partial charge >= 0.3 is 6.03 Å². The van der Waals surface area contributed by atoms with Gasteiger partial charge in [0, 0.05) is 13.1 Å².